The van der Waals surface area contributed by atoms with Gasteiger partial charge >= 0.3 is 5.97 Å². The molecule has 2 rings (SSSR count). The lowest BCUT2D eigenvalue weighted by Crippen LogP contribution is -2.21. The normalized spacial score (nSPS) is 11.3. The van der Waals surface area contributed by atoms with Gasteiger partial charge in [-0.05, 0) is 16.5 Å². The van der Waals surface area contributed by atoms with Crippen molar-refractivity contribution >= 4 is 5.97 Å². The van der Waals surface area contributed by atoms with Gasteiger partial charge in [0.25, 0.3) is 0 Å². The van der Waals surface area contributed by atoms with E-state index in [0.29, 0.717) is 5.57 Å². The van der Waals surface area contributed by atoms with Crippen LogP contribution in [0.1, 0.15) is 38.0 Å². The summed E-state index contributed by atoms with van der Waals surface area (Å²) in [6.07, 6.45) is -0.422. The van der Waals surface area contributed by atoms with Gasteiger partial charge < -0.3 is 4.74 Å². The van der Waals surface area contributed by atoms with Gasteiger partial charge in [-0.2, -0.15) is 0 Å². The first-order chi connectivity index (χ1) is 10.4. The highest BCUT2D eigenvalue weighted by molar-refractivity contribution is 5.89. The largest absolute Gasteiger partial charge is 0.449 e. The summed E-state index contributed by atoms with van der Waals surface area (Å²) in [4.78, 5) is 12.4. The van der Waals surface area contributed by atoms with Crippen molar-refractivity contribution < 1.29 is 9.53 Å². The SMILES string of the molecule is C=C(C(=O)OC(c1ccccc1)c1ccccc1)C(C)(C)C. The quantitative estimate of drug-likeness (QED) is 0.591. The van der Waals surface area contributed by atoms with Crippen LogP contribution in [0.3, 0.4) is 0 Å². The van der Waals surface area contributed by atoms with Crippen molar-refractivity contribution in [2.45, 2.75) is 26.9 Å². The number of hydrogen-bond acceptors (Lipinski definition) is 2. The summed E-state index contributed by atoms with van der Waals surface area (Å²) < 4.78 is 5.77. The fourth-order valence-electron chi connectivity index (χ4n) is 2.07. The van der Waals surface area contributed by atoms with Crippen molar-refractivity contribution in [2.24, 2.45) is 5.41 Å². The molecule has 0 aliphatic heterocycles. The first-order valence-electron chi connectivity index (χ1n) is 7.40. The minimum atomic E-state index is -0.422. The molecule has 0 bridgehead atoms. The molecule has 0 atom stereocenters. The van der Waals surface area contributed by atoms with E-state index in [-0.39, 0.29) is 11.4 Å². The molecule has 0 saturated carbocycles. The summed E-state index contributed by atoms with van der Waals surface area (Å²) in [5.41, 5.74) is 2.06. The van der Waals surface area contributed by atoms with E-state index < -0.39 is 6.10 Å². The van der Waals surface area contributed by atoms with E-state index in [0.717, 1.165) is 11.1 Å². The van der Waals surface area contributed by atoms with Crippen LogP contribution in [-0.2, 0) is 9.53 Å². The van der Waals surface area contributed by atoms with Gasteiger partial charge in [0.05, 0.1) is 0 Å². The van der Waals surface area contributed by atoms with Crippen LogP contribution in [0.2, 0.25) is 0 Å². The standard InChI is InChI=1S/C20H22O2/c1-15(20(2,3)4)19(21)22-18(16-11-7-5-8-12-16)17-13-9-6-10-14-17/h5-14,18H,1H2,2-4H3. The molecule has 22 heavy (non-hydrogen) atoms. The second-order valence-corrected chi connectivity index (χ2v) is 6.34. The van der Waals surface area contributed by atoms with Crippen LogP contribution in [0.15, 0.2) is 72.8 Å². The van der Waals surface area contributed by atoms with Gasteiger partial charge in [0.2, 0.25) is 0 Å². The van der Waals surface area contributed by atoms with Crippen LogP contribution >= 0.6 is 0 Å². The minimum absolute atomic E-state index is 0.311. The molecule has 0 spiro atoms. The van der Waals surface area contributed by atoms with E-state index in [9.17, 15) is 4.79 Å². The lowest BCUT2D eigenvalue weighted by molar-refractivity contribution is -0.143. The van der Waals surface area contributed by atoms with Gasteiger partial charge in [0, 0.05) is 5.57 Å². The van der Waals surface area contributed by atoms with Gasteiger partial charge in [0.1, 0.15) is 0 Å². The molecule has 0 saturated heterocycles. The molecule has 0 unspecified atom stereocenters. The second kappa shape index (κ2) is 6.61. The molecule has 2 heteroatoms. The summed E-state index contributed by atoms with van der Waals surface area (Å²) >= 11 is 0. The average Bonchev–Trinajstić information content (AvgIpc) is 2.52. The molecular formula is C20H22O2. The van der Waals surface area contributed by atoms with Crippen molar-refractivity contribution in [3.05, 3.63) is 83.9 Å². The monoisotopic (exact) mass is 294 g/mol. The van der Waals surface area contributed by atoms with Crippen LogP contribution in [0.25, 0.3) is 0 Å². The third kappa shape index (κ3) is 3.85. The molecule has 0 aliphatic rings. The van der Waals surface area contributed by atoms with Crippen molar-refractivity contribution in [1.82, 2.24) is 0 Å². The zero-order valence-electron chi connectivity index (χ0n) is 13.4. The number of esters is 1. The Kier molecular flexibility index (Phi) is 4.81. The second-order valence-electron chi connectivity index (χ2n) is 6.34. The van der Waals surface area contributed by atoms with E-state index >= 15 is 0 Å². The van der Waals surface area contributed by atoms with Gasteiger partial charge in [-0.3, -0.25) is 0 Å². The van der Waals surface area contributed by atoms with Crippen LogP contribution in [0, 0.1) is 5.41 Å². The molecule has 0 fully saturated rings. The van der Waals surface area contributed by atoms with Gasteiger partial charge in [-0.15, -0.1) is 0 Å². The maximum atomic E-state index is 12.4. The van der Waals surface area contributed by atoms with Crippen LogP contribution in [0.5, 0.6) is 0 Å². The van der Waals surface area contributed by atoms with Crippen molar-refractivity contribution in [1.29, 1.82) is 0 Å². The predicted molar refractivity (Wildman–Crippen MR) is 89.4 cm³/mol. The Hall–Kier alpha value is -2.35. The topological polar surface area (TPSA) is 26.3 Å². The Morgan fingerprint density at radius 3 is 1.68 bits per heavy atom. The molecule has 0 amide bonds. The van der Waals surface area contributed by atoms with Crippen LogP contribution < -0.4 is 0 Å². The predicted octanol–water partition coefficient (Wildman–Crippen LogP) is 4.92. The Bertz CT molecular complexity index is 597. The number of ether oxygens (including phenoxy) is 1. The van der Waals surface area contributed by atoms with Gasteiger partial charge in [0.15, 0.2) is 6.10 Å². The summed E-state index contributed by atoms with van der Waals surface area (Å²) in [7, 11) is 0. The first-order valence-corrected chi connectivity index (χ1v) is 7.40. The zero-order chi connectivity index (χ0) is 16.2. The Morgan fingerprint density at radius 2 is 1.32 bits per heavy atom. The molecule has 0 aromatic heterocycles. The lowest BCUT2D eigenvalue weighted by atomic mass is 9.87. The average molecular weight is 294 g/mol. The third-order valence-corrected chi connectivity index (χ3v) is 3.58. The van der Waals surface area contributed by atoms with E-state index in [4.69, 9.17) is 4.74 Å². The van der Waals surface area contributed by atoms with E-state index in [2.05, 4.69) is 6.58 Å². The summed E-state index contributed by atoms with van der Waals surface area (Å²) in [5, 5.41) is 0. The van der Waals surface area contributed by atoms with Gasteiger partial charge in [-0.25, -0.2) is 4.79 Å². The van der Waals surface area contributed by atoms with Crippen molar-refractivity contribution in [3.8, 4) is 0 Å². The Balaban J connectivity index is 2.31. The van der Waals surface area contributed by atoms with E-state index in [1.54, 1.807) is 0 Å². The Labute approximate surface area is 132 Å². The molecule has 2 aromatic carbocycles. The summed E-state index contributed by atoms with van der Waals surface area (Å²) in [6.45, 7) is 9.76. The number of hydrogen-bond donors (Lipinski definition) is 0. The van der Waals surface area contributed by atoms with Crippen LogP contribution in [-0.4, -0.2) is 5.97 Å². The highest BCUT2D eigenvalue weighted by atomic mass is 16.5. The number of carbonyl (C=O) groups is 1. The maximum absolute atomic E-state index is 12.4. The number of rotatable bonds is 4. The van der Waals surface area contributed by atoms with Crippen molar-refractivity contribution in [2.75, 3.05) is 0 Å². The third-order valence-electron chi connectivity index (χ3n) is 3.58. The van der Waals surface area contributed by atoms with Gasteiger partial charge in [-0.1, -0.05) is 88.0 Å². The first kappa shape index (κ1) is 16.0. The number of carbonyl (C=O) groups excluding carboxylic acids is 1. The van der Waals surface area contributed by atoms with Crippen LogP contribution in [0.4, 0.5) is 0 Å². The fraction of sp³-hybridized carbons (Fsp3) is 0.250. The molecule has 0 N–H and O–H groups in total. The molecular weight excluding hydrogens is 272 g/mol. The summed E-state index contributed by atoms with van der Waals surface area (Å²) in [5.74, 6) is -0.356. The molecule has 114 valence electrons. The highest BCUT2D eigenvalue weighted by Crippen LogP contribution is 2.30. The molecule has 2 nitrogen and oxygen atoms in total. The maximum Gasteiger partial charge on any atom is 0.334 e. The molecule has 0 aliphatic carbocycles. The molecule has 2 aromatic rings. The number of benzene rings is 2. The van der Waals surface area contributed by atoms with Crippen molar-refractivity contribution in [3.63, 3.8) is 0 Å². The van der Waals surface area contributed by atoms with E-state index in [1.165, 1.54) is 0 Å². The highest BCUT2D eigenvalue weighted by Gasteiger charge is 2.26. The smallest absolute Gasteiger partial charge is 0.334 e. The lowest BCUT2D eigenvalue weighted by Gasteiger charge is -2.24. The zero-order valence-corrected chi connectivity index (χ0v) is 13.4. The van der Waals surface area contributed by atoms with E-state index in [1.807, 2.05) is 81.4 Å². The molecule has 0 radical (unpaired) electrons. The Morgan fingerprint density at radius 1 is 0.909 bits per heavy atom. The molecule has 0 heterocycles. The minimum Gasteiger partial charge on any atom is -0.449 e. The summed E-state index contributed by atoms with van der Waals surface area (Å²) in [6, 6.07) is 19.5. The fourth-order valence-corrected chi connectivity index (χ4v) is 2.07.